The number of nitrogens with one attached hydrogen (secondary N) is 3. The van der Waals surface area contributed by atoms with Gasteiger partial charge in [-0.05, 0) is 66.2 Å². The molecule has 2 atom stereocenters. The van der Waals surface area contributed by atoms with Crippen LogP contribution in [-0.4, -0.2) is 79.1 Å². The number of hydrogen-bond donors (Lipinski definition) is 4. The fourth-order valence-electron chi connectivity index (χ4n) is 4.88. The van der Waals surface area contributed by atoms with Crippen molar-refractivity contribution in [3.63, 3.8) is 0 Å². The molecule has 0 bridgehead atoms. The zero-order valence-electron chi connectivity index (χ0n) is 30.7. The van der Waals surface area contributed by atoms with Crippen LogP contribution in [0.25, 0.3) is 0 Å². The SMILES string of the molecule is COc1cc(C(=O)O[C@H](C(=O)O)[C@@H](OC(=O)c2ccc(OC(C)=O)c(OC)c2)C(=O)NNC(=O)c2ccc(NC(=O)Cc3ccccc3)cc2)ccc1OC(C)=O. The first-order valence-corrected chi connectivity index (χ1v) is 16.6. The molecule has 0 saturated heterocycles. The van der Waals surface area contributed by atoms with Crippen molar-refractivity contribution in [2.45, 2.75) is 32.5 Å². The monoisotopic (exact) mass is 785 g/mol. The lowest BCUT2D eigenvalue weighted by Crippen LogP contribution is -2.54. The van der Waals surface area contributed by atoms with Gasteiger partial charge in [0.05, 0.1) is 31.8 Å². The molecule has 4 aromatic carbocycles. The molecule has 0 heterocycles. The number of amides is 3. The lowest BCUT2D eigenvalue weighted by Gasteiger charge is -2.24. The third-order valence-electron chi connectivity index (χ3n) is 7.49. The van der Waals surface area contributed by atoms with Crippen molar-refractivity contribution in [1.29, 1.82) is 0 Å². The molecule has 0 radical (unpaired) electrons. The van der Waals surface area contributed by atoms with Crippen molar-refractivity contribution in [1.82, 2.24) is 10.9 Å². The van der Waals surface area contributed by atoms with E-state index in [9.17, 15) is 43.5 Å². The minimum atomic E-state index is -2.53. The number of benzene rings is 4. The molecule has 0 fully saturated rings. The summed E-state index contributed by atoms with van der Waals surface area (Å²) >= 11 is 0. The van der Waals surface area contributed by atoms with Gasteiger partial charge in [-0.3, -0.25) is 34.8 Å². The molecule has 4 aromatic rings. The summed E-state index contributed by atoms with van der Waals surface area (Å²) in [5.41, 5.74) is 4.54. The van der Waals surface area contributed by atoms with Gasteiger partial charge < -0.3 is 38.8 Å². The van der Waals surface area contributed by atoms with Gasteiger partial charge in [0.1, 0.15) is 0 Å². The van der Waals surface area contributed by atoms with E-state index >= 15 is 0 Å². The quantitative estimate of drug-likeness (QED) is 0.0768. The van der Waals surface area contributed by atoms with Crippen LogP contribution < -0.4 is 35.1 Å². The number of carboxylic acids is 1. The molecule has 0 unspecified atom stereocenters. The summed E-state index contributed by atoms with van der Waals surface area (Å²) in [4.78, 5) is 101. The lowest BCUT2D eigenvalue weighted by atomic mass is 10.1. The second-order valence-corrected chi connectivity index (χ2v) is 11.6. The largest absolute Gasteiger partial charge is 0.493 e. The molecule has 0 aromatic heterocycles. The standard InChI is InChI=1S/C39H35N3O15/c1-21(43)54-28-16-12-25(19-30(28)52-3)38(50)56-33(34(37(48)49)57-39(51)26-13-17-29(55-22(2)44)31(20-26)53-4)36(47)42-41-35(46)24-10-14-27(15-11-24)40-32(45)18-23-8-6-5-7-9-23/h5-17,19-20,33-34H,18H2,1-4H3,(H,40,45)(H,41,46)(H,42,47)(H,48,49)/t33-,34+/m1/s1. The van der Waals surface area contributed by atoms with Gasteiger partial charge in [0.15, 0.2) is 23.0 Å². The summed E-state index contributed by atoms with van der Waals surface area (Å²) in [5.74, 6) is -9.04. The van der Waals surface area contributed by atoms with Gasteiger partial charge in [0, 0.05) is 25.1 Å². The van der Waals surface area contributed by atoms with E-state index < -0.39 is 53.9 Å². The van der Waals surface area contributed by atoms with Gasteiger partial charge in [0.2, 0.25) is 18.1 Å². The summed E-state index contributed by atoms with van der Waals surface area (Å²) in [7, 11) is 2.42. The van der Waals surface area contributed by atoms with E-state index in [0.717, 1.165) is 43.7 Å². The number of carbonyl (C=O) groups excluding carboxylic acids is 7. The molecule has 0 spiro atoms. The zero-order chi connectivity index (χ0) is 41.6. The van der Waals surface area contributed by atoms with Gasteiger partial charge in [-0.1, -0.05) is 30.3 Å². The molecule has 0 aliphatic heterocycles. The average Bonchev–Trinajstić information content (AvgIpc) is 3.18. The Morgan fingerprint density at radius 2 is 1.09 bits per heavy atom. The maximum Gasteiger partial charge on any atom is 0.349 e. The number of anilines is 1. The summed E-state index contributed by atoms with van der Waals surface area (Å²) in [6.45, 7) is 2.26. The number of methoxy groups -OCH3 is 2. The van der Waals surface area contributed by atoms with Crippen LogP contribution in [0, 0.1) is 0 Å². The summed E-state index contributed by atoms with van der Waals surface area (Å²) in [5, 5.41) is 12.8. The molecule has 0 aliphatic carbocycles. The Labute approximate surface area is 323 Å². The second kappa shape index (κ2) is 19.5. The number of ether oxygens (including phenoxy) is 6. The molecule has 296 valence electrons. The van der Waals surface area contributed by atoms with Gasteiger partial charge >= 0.3 is 29.8 Å². The highest BCUT2D eigenvalue weighted by Crippen LogP contribution is 2.30. The average molecular weight is 786 g/mol. The Hall–Kier alpha value is -7.76. The van der Waals surface area contributed by atoms with E-state index in [-0.39, 0.29) is 52.0 Å². The normalized spacial score (nSPS) is 11.4. The van der Waals surface area contributed by atoms with Crippen LogP contribution in [0.4, 0.5) is 5.69 Å². The Balaban J connectivity index is 1.55. The molecular weight excluding hydrogens is 750 g/mol. The molecule has 4 rings (SSSR count). The third kappa shape index (κ3) is 11.9. The van der Waals surface area contributed by atoms with Crippen molar-refractivity contribution in [2.24, 2.45) is 0 Å². The molecular formula is C39H35N3O15. The van der Waals surface area contributed by atoms with Crippen LogP contribution in [0.5, 0.6) is 23.0 Å². The number of aliphatic carboxylic acids is 1. The van der Waals surface area contributed by atoms with E-state index in [4.69, 9.17) is 28.4 Å². The summed E-state index contributed by atoms with van der Waals surface area (Å²) in [6, 6.07) is 21.2. The molecule has 0 aliphatic rings. The number of hydrogen-bond acceptors (Lipinski definition) is 14. The first-order valence-electron chi connectivity index (χ1n) is 16.6. The zero-order valence-corrected chi connectivity index (χ0v) is 30.7. The number of carbonyl (C=O) groups is 8. The number of carboxylic acid groups (broad SMARTS) is 1. The van der Waals surface area contributed by atoms with Crippen molar-refractivity contribution < 1.29 is 71.9 Å². The molecule has 0 saturated carbocycles. The van der Waals surface area contributed by atoms with Crippen molar-refractivity contribution in [2.75, 3.05) is 19.5 Å². The van der Waals surface area contributed by atoms with E-state index in [1.54, 1.807) is 24.3 Å². The van der Waals surface area contributed by atoms with Crippen LogP contribution in [0.15, 0.2) is 91.0 Å². The smallest absolute Gasteiger partial charge is 0.349 e. The van der Waals surface area contributed by atoms with Crippen LogP contribution in [-0.2, 0) is 39.9 Å². The van der Waals surface area contributed by atoms with Crippen LogP contribution in [0.2, 0.25) is 0 Å². The Bertz CT molecular complexity index is 2170. The van der Waals surface area contributed by atoms with Crippen LogP contribution in [0.1, 0.15) is 50.5 Å². The van der Waals surface area contributed by atoms with E-state index in [0.29, 0.717) is 5.69 Å². The van der Waals surface area contributed by atoms with Gasteiger partial charge in [-0.2, -0.15) is 0 Å². The lowest BCUT2D eigenvalue weighted by molar-refractivity contribution is -0.159. The van der Waals surface area contributed by atoms with Crippen molar-refractivity contribution in [3.8, 4) is 23.0 Å². The maximum atomic E-state index is 13.5. The predicted molar refractivity (Wildman–Crippen MR) is 195 cm³/mol. The number of hydrazine groups is 1. The summed E-state index contributed by atoms with van der Waals surface area (Å²) in [6.07, 6.45) is -4.88. The van der Waals surface area contributed by atoms with Crippen LogP contribution >= 0.6 is 0 Å². The van der Waals surface area contributed by atoms with Crippen molar-refractivity contribution in [3.05, 3.63) is 113 Å². The fraction of sp³-hybridized carbons (Fsp3) is 0.179. The highest BCUT2D eigenvalue weighted by Gasteiger charge is 2.41. The van der Waals surface area contributed by atoms with E-state index in [1.165, 1.54) is 50.6 Å². The molecule has 18 heteroatoms. The Morgan fingerprint density at radius 3 is 1.56 bits per heavy atom. The summed E-state index contributed by atoms with van der Waals surface area (Å²) < 4.78 is 30.7. The predicted octanol–water partition coefficient (Wildman–Crippen LogP) is 3.03. The first-order chi connectivity index (χ1) is 27.2. The van der Waals surface area contributed by atoms with Gasteiger partial charge in [0.25, 0.3) is 11.8 Å². The maximum absolute atomic E-state index is 13.5. The molecule has 18 nitrogen and oxygen atoms in total. The molecule has 57 heavy (non-hydrogen) atoms. The van der Waals surface area contributed by atoms with Crippen molar-refractivity contribution >= 4 is 53.3 Å². The van der Waals surface area contributed by atoms with Crippen LogP contribution in [0.3, 0.4) is 0 Å². The van der Waals surface area contributed by atoms with E-state index in [1.807, 2.05) is 11.5 Å². The Morgan fingerprint density at radius 1 is 0.596 bits per heavy atom. The second-order valence-electron chi connectivity index (χ2n) is 11.6. The van der Waals surface area contributed by atoms with Gasteiger partial charge in [-0.15, -0.1) is 0 Å². The highest BCUT2D eigenvalue weighted by molar-refractivity contribution is 6.00. The third-order valence-corrected chi connectivity index (χ3v) is 7.49. The minimum absolute atomic E-state index is 0.0165. The number of esters is 4. The topological polar surface area (TPSA) is 248 Å². The Kier molecular flexibility index (Phi) is 14.4. The van der Waals surface area contributed by atoms with Gasteiger partial charge in [-0.25, -0.2) is 14.4 Å². The fourth-order valence-corrected chi connectivity index (χ4v) is 4.88. The molecule has 4 N–H and O–H groups in total. The first kappa shape index (κ1) is 42.0. The highest BCUT2D eigenvalue weighted by atomic mass is 16.6. The van der Waals surface area contributed by atoms with E-state index in [2.05, 4.69) is 10.7 Å². The number of rotatable bonds is 15. The minimum Gasteiger partial charge on any atom is -0.493 e. The molecule has 3 amide bonds.